The number of rotatable bonds is 8. The summed E-state index contributed by atoms with van der Waals surface area (Å²) in [5.74, 6) is 0.567. The molecule has 0 spiro atoms. The molecule has 3 heterocycles. The second-order valence-corrected chi connectivity index (χ2v) is 10.9. The molecule has 186 valence electrons. The van der Waals surface area contributed by atoms with Gasteiger partial charge in [0.2, 0.25) is 0 Å². The van der Waals surface area contributed by atoms with Crippen LogP contribution in [-0.4, -0.2) is 84.3 Å². The zero-order valence-electron chi connectivity index (χ0n) is 20.1. The molecule has 0 aliphatic carbocycles. The van der Waals surface area contributed by atoms with Crippen molar-refractivity contribution in [1.29, 1.82) is 0 Å². The first-order valence-electron chi connectivity index (χ1n) is 11.6. The number of nitrogens with zero attached hydrogens (tertiary/aromatic N) is 2. The van der Waals surface area contributed by atoms with E-state index in [1.54, 1.807) is 25.4 Å². The van der Waals surface area contributed by atoms with Gasteiger partial charge in [0.15, 0.2) is 17.6 Å². The van der Waals surface area contributed by atoms with Gasteiger partial charge in [-0.15, -0.1) is 11.3 Å². The molecule has 2 aliphatic rings. The number of hydrogen-bond acceptors (Lipinski definition) is 8. The fourth-order valence-electron chi connectivity index (χ4n) is 4.85. The van der Waals surface area contributed by atoms with E-state index >= 15 is 0 Å². The number of likely N-dealkylation sites (tertiary alicyclic amines) is 1. The molecule has 2 fully saturated rings. The highest BCUT2D eigenvalue weighted by molar-refractivity contribution is 7.16. The van der Waals surface area contributed by atoms with Gasteiger partial charge in [0.25, 0.3) is 5.91 Å². The molecule has 1 amide bonds. The van der Waals surface area contributed by atoms with Gasteiger partial charge in [0, 0.05) is 29.3 Å². The maximum absolute atomic E-state index is 12.6. The number of ether oxygens (including phenoxy) is 2. The molecule has 4 rings (SSSR count). The fraction of sp³-hybridized carbons (Fsp3) is 0.560. The molecule has 1 aromatic heterocycles. The van der Waals surface area contributed by atoms with Crippen LogP contribution in [0.3, 0.4) is 0 Å². The fourth-order valence-corrected chi connectivity index (χ4v) is 5.73. The lowest BCUT2D eigenvalue weighted by Crippen LogP contribution is -2.53. The minimum atomic E-state index is -1.46. The highest BCUT2D eigenvalue weighted by Gasteiger charge is 2.49. The number of aliphatic hydroxyl groups is 3. The van der Waals surface area contributed by atoms with Crippen LogP contribution >= 0.6 is 11.3 Å². The molecule has 4 atom stereocenters. The van der Waals surface area contributed by atoms with Crippen LogP contribution in [-0.2, 0) is 4.79 Å². The quantitative estimate of drug-likeness (QED) is 0.520. The third-order valence-electron chi connectivity index (χ3n) is 7.22. The number of anilines is 1. The van der Waals surface area contributed by atoms with E-state index in [0.717, 1.165) is 18.7 Å². The standard InChI is InChI=1S/C25H34N2O6S/c1-15-5-8-23(34-15)26-10-18(11-26)33-22-9-17(6-7-21(22)32-4)19-12-27(24(31)20(30)13-28)14-25(19,3)16(2)29/h5-9,16,18-20,28-30H,10-14H2,1-4H3/t16-,19+,20?,25+/m1/s1. The van der Waals surface area contributed by atoms with Gasteiger partial charge in [0.05, 0.1) is 37.9 Å². The van der Waals surface area contributed by atoms with Crippen molar-refractivity contribution < 1.29 is 29.6 Å². The number of aryl methyl sites for hydroxylation is 1. The summed E-state index contributed by atoms with van der Waals surface area (Å²) in [6, 6.07) is 10.00. The molecule has 1 unspecified atom stereocenters. The Balaban J connectivity index is 1.53. The maximum atomic E-state index is 12.6. The van der Waals surface area contributed by atoms with Crippen molar-refractivity contribution in [2.24, 2.45) is 5.41 Å². The molecule has 34 heavy (non-hydrogen) atoms. The van der Waals surface area contributed by atoms with Crippen LogP contribution in [0.4, 0.5) is 5.00 Å². The molecule has 0 radical (unpaired) electrons. The zero-order valence-corrected chi connectivity index (χ0v) is 20.9. The molecule has 0 bridgehead atoms. The Hall–Kier alpha value is -2.33. The van der Waals surface area contributed by atoms with E-state index in [1.165, 1.54) is 14.8 Å². The predicted octanol–water partition coefficient (Wildman–Crippen LogP) is 2.00. The first-order valence-corrected chi connectivity index (χ1v) is 12.4. The van der Waals surface area contributed by atoms with E-state index < -0.39 is 30.1 Å². The molecule has 3 N–H and O–H groups in total. The van der Waals surface area contributed by atoms with Crippen LogP contribution < -0.4 is 14.4 Å². The summed E-state index contributed by atoms with van der Waals surface area (Å²) in [7, 11) is 1.61. The second kappa shape index (κ2) is 9.73. The Labute approximate surface area is 204 Å². The summed E-state index contributed by atoms with van der Waals surface area (Å²) in [5, 5.41) is 30.9. The molecular formula is C25H34N2O6S. The van der Waals surface area contributed by atoms with Crippen molar-refractivity contribution in [3.05, 3.63) is 40.8 Å². The number of hydrogen-bond donors (Lipinski definition) is 3. The van der Waals surface area contributed by atoms with Crippen molar-refractivity contribution >= 4 is 22.2 Å². The molecule has 2 saturated heterocycles. The SMILES string of the molecule is COc1ccc([C@@H]2CN(C(=O)C(O)CO)C[C@@]2(C)[C@@H](C)O)cc1OC1CN(c2ccc(C)s2)C1. The zero-order chi connectivity index (χ0) is 24.6. The number of methoxy groups -OCH3 is 1. The van der Waals surface area contributed by atoms with Crippen molar-refractivity contribution in [1.82, 2.24) is 4.90 Å². The lowest BCUT2D eigenvalue weighted by Gasteiger charge is -2.40. The Morgan fingerprint density at radius 1 is 1.21 bits per heavy atom. The van der Waals surface area contributed by atoms with Gasteiger partial charge < -0.3 is 34.6 Å². The van der Waals surface area contributed by atoms with Gasteiger partial charge >= 0.3 is 0 Å². The van der Waals surface area contributed by atoms with Crippen LogP contribution in [0.2, 0.25) is 0 Å². The lowest BCUT2D eigenvalue weighted by atomic mass is 9.72. The molecule has 2 aliphatic heterocycles. The van der Waals surface area contributed by atoms with E-state index in [4.69, 9.17) is 9.47 Å². The van der Waals surface area contributed by atoms with Crippen LogP contribution in [0.1, 0.15) is 30.2 Å². The Kier molecular flexibility index (Phi) is 7.09. The van der Waals surface area contributed by atoms with E-state index in [-0.39, 0.29) is 18.6 Å². The number of amides is 1. The Morgan fingerprint density at radius 2 is 1.94 bits per heavy atom. The summed E-state index contributed by atoms with van der Waals surface area (Å²) >= 11 is 1.77. The van der Waals surface area contributed by atoms with Crippen molar-refractivity contribution in [3.8, 4) is 11.5 Å². The number of aliphatic hydroxyl groups excluding tert-OH is 3. The van der Waals surface area contributed by atoms with Gasteiger partial charge in [-0.05, 0) is 43.7 Å². The predicted molar refractivity (Wildman–Crippen MR) is 131 cm³/mol. The molecule has 0 saturated carbocycles. The summed E-state index contributed by atoms with van der Waals surface area (Å²) < 4.78 is 11.9. The number of benzene rings is 1. The number of carbonyl (C=O) groups is 1. The minimum absolute atomic E-state index is 0.0380. The van der Waals surface area contributed by atoms with Crippen molar-refractivity contribution in [2.75, 3.05) is 44.8 Å². The van der Waals surface area contributed by atoms with Crippen molar-refractivity contribution in [2.45, 2.75) is 45.0 Å². The smallest absolute Gasteiger partial charge is 0.253 e. The molecular weight excluding hydrogens is 456 g/mol. The highest BCUT2D eigenvalue weighted by atomic mass is 32.1. The molecule has 1 aromatic carbocycles. The molecule has 2 aromatic rings. The third kappa shape index (κ3) is 4.62. The Bertz CT molecular complexity index is 1020. The van der Waals surface area contributed by atoms with Crippen LogP contribution in [0.25, 0.3) is 0 Å². The van der Waals surface area contributed by atoms with Crippen LogP contribution in [0, 0.1) is 12.3 Å². The summed E-state index contributed by atoms with van der Waals surface area (Å²) in [4.78, 5) is 17.7. The van der Waals surface area contributed by atoms with Gasteiger partial charge in [-0.25, -0.2) is 0 Å². The van der Waals surface area contributed by atoms with E-state index in [1.807, 2.05) is 25.1 Å². The summed E-state index contributed by atoms with van der Waals surface area (Å²) in [6.45, 7) is 7.34. The van der Waals surface area contributed by atoms with Gasteiger partial charge in [-0.1, -0.05) is 13.0 Å². The van der Waals surface area contributed by atoms with Crippen molar-refractivity contribution in [3.63, 3.8) is 0 Å². The first kappa shape index (κ1) is 24.8. The van der Waals surface area contributed by atoms with Crippen LogP contribution in [0.15, 0.2) is 30.3 Å². The van der Waals surface area contributed by atoms with Gasteiger partial charge in [0.1, 0.15) is 6.10 Å². The topological polar surface area (TPSA) is 103 Å². The van der Waals surface area contributed by atoms with E-state index in [0.29, 0.717) is 18.0 Å². The van der Waals surface area contributed by atoms with E-state index in [9.17, 15) is 20.1 Å². The molecule has 9 heteroatoms. The third-order valence-corrected chi connectivity index (χ3v) is 8.29. The highest BCUT2D eigenvalue weighted by Crippen LogP contribution is 2.47. The summed E-state index contributed by atoms with van der Waals surface area (Å²) in [5.41, 5.74) is 0.305. The first-order chi connectivity index (χ1) is 16.2. The monoisotopic (exact) mass is 490 g/mol. The summed E-state index contributed by atoms with van der Waals surface area (Å²) in [6.07, 6.45) is -2.11. The van der Waals surface area contributed by atoms with Crippen LogP contribution in [0.5, 0.6) is 11.5 Å². The average molecular weight is 491 g/mol. The number of carbonyl (C=O) groups excluding carboxylic acids is 1. The number of thiophene rings is 1. The Morgan fingerprint density at radius 3 is 2.53 bits per heavy atom. The normalized spacial score (nSPS) is 24.6. The molecule has 8 nitrogen and oxygen atoms in total. The maximum Gasteiger partial charge on any atom is 0.253 e. The average Bonchev–Trinajstić information content (AvgIpc) is 3.38. The van der Waals surface area contributed by atoms with Gasteiger partial charge in [-0.2, -0.15) is 0 Å². The minimum Gasteiger partial charge on any atom is -0.493 e. The van der Waals surface area contributed by atoms with Gasteiger partial charge in [-0.3, -0.25) is 4.79 Å². The van der Waals surface area contributed by atoms with E-state index in [2.05, 4.69) is 24.0 Å². The lowest BCUT2D eigenvalue weighted by molar-refractivity contribution is -0.141. The largest absolute Gasteiger partial charge is 0.493 e. The second-order valence-electron chi connectivity index (χ2n) is 9.59.